The van der Waals surface area contributed by atoms with Crippen molar-refractivity contribution in [3.8, 4) is 0 Å². The largest absolute Gasteiger partial charge is 0.465 e. The van der Waals surface area contributed by atoms with E-state index in [9.17, 15) is 9.59 Å². The minimum absolute atomic E-state index is 0.0952. The predicted octanol–water partition coefficient (Wildman–Crippen LogP) is 1.64. The van der Waals surface area contributed by atoms with Gasteiger partial charge in [0, 0.05) is 0 Å². The topological polar surface area (TPSA) is 77.1 Å². The Labute approximate surface area is 147 Å². The lowest BCUT2D eigenvalue weighted by molar-refractivity contribution is -0.127. The normalized spacial score (nSPS) is 21.9. The number of hydrogen-bond acceptors (Lipinski definition) is 6. The molecule has 25 heavy (non-hydrogen) atoms. The van der Waals surface area contributed by atoms with Crippen LogP contribution in [0, 0.1) is 0 Å². The smallest absolute Gasteiger partial charge is 0.339 e. The second kappa shape index (κ2) is 8.42. The molecule has 1 amide bonds. The Morgan fingerprint density at radius 3 is 2.76 bits per heavy atom. The molecule has 3 rings (SSSR count). The maximum atomic E-state index is 12.5. The minimum atomic E-state index is -0.473. The second-order valence-electron chi connectivity index (χ2n) is 6.23. The molecule has 2 aliphatic heterocycles. The number of nitrogens with zero attached hydrogens (tertiary/aromatic N) is 1. The number of esters is 1. The van der Waals surface area contributed by atoms with Crippen molar-refractivity contribution >= 4 is 17.6 Å². The van der Waals surface area contributed by atoms with Gasteiger partial charge in [-0.25, -0.2) is 4.79 Å². The molecule has 136 valence electrons. The zero-order valence-corrected chi connectivity index (χ0v) is 14.4. The minimum Gasteiger partial charge on any atom is -0.465 e. The Balaban J connectivity index is 1.64. The summed E-state index contributed by atoms with van der Waals surface area (Å²) < 4.78 is 16.0. The Hall–Kier alpha value is -1.96. The molecule has 1 N–H and O–H groups in total. The lowest BCUT2D eigenvalue weighted by Crippen LogP contribution is -2.50. The van der Waals surface area contributed by atoms with Crippen LogP contribution in [0.25, 0.3) is 0 Å². The monoisotopic (exact) mass is 348 g/mol. The standard InChI is InChI=1S/C18H24N2O5/c1-23-17(22)13-6-2-3-7-14(13)19-16(21)12-20-9-5-4-8-15(20)18-24-10-11-25-18/h2-3,6-7,15,18H,4-5,8-12H2,1H3,(H,19,21). The van der Waals surface area contributed by atoms with Crippen molar-refractivity contribution in [3.05, 3.63) is 29.8 Å². The number of carbonyl (C=O) groups is 2. The number of carbonyl (C=O) groups excluding carboxylic acids is 2. The van der Waals surface area contributed by atoms with Crippen molar-refractivity contribution in [1.82, 2.24) is 4.90 Å². The van der Waals surface area contributed by atoms with Gasteiger partial charge in [-0.15, -0.1) is 0 Å². The Bertz CT molecular complexity index is 615. The number of rotatable bonds is 5. The number of amides is 1. The maximum absolute atomic E-state index is 12.5. The summed E-state index contributed by atoms with van der Waals surface area (Å²) in [6, 6.07) is 6.92. The predicted molar refractivity (Wildman–Crippen MR) is 91.3 cm³/mol. The van der Waals surface area contributed by atoms with E-state index in [0.29, 0.717) is 24.5 Å². The van der Waals surface area contributed by atoms with Crippen molar-refractivity contribution in [3.63, 3.8) is 0 Å². The van der Waals surface area contributed by atoms with Crippen LogP contribution in [0.1, 0.15) is 29.6 Å². The van der Waals surface area contributed by atoms with Crippen LogP contribution in [0.2, 0.25) is 0 Å². The first kappa shape index (κ1) is 17.8. The zero-order chi connectivity index (χ0) is 17.6. The number of anilines is 1. The van der Waals surface area contributed by atoms with Crippen LogP contribution < -0.4 is 5.32 Å². The van der Waals surface area contributed by atoms with E-state index in [-0.39, 0.29) is 24.8 Å². The van der Waals surface area contributed by atoms with E-state index in [4.69, 9.17) is 14.2 Å². The first-order chi connectivity index (χ1) is 12.2. The third kappa shape index (κ3) is 4.36. The van der Waals surface area contributed by atoms with Gasteiger partial charge in [-0.05, 0) is 31.5 Å². The SMILES string of the molecule is COC(=O)c1ccccc1NC(=O)CN1CCCCC1C1OCCO1. The first-order valence-electron chi connectivity index (χ1n) is 8.63. The number of piperidine rings is 1. The zero-order valence-electron chi connectivity index (χ0n) is 14.4. The average Bonchev–Trinajstić information content (AvgIpc) is 3.16. The number of hydrogen-bond donors (Lipinski definition) is 1. The highest BCUT2D eigenvalue weighted by molar-refractivity contribution is 6.01. The third-order valence-corrected chi connectivity index (χ3v) is 4.58. The fourth-order valence-electron chi connectivity index (χ4n) is 3.37. The maximum Gasteiger partial charge on any atom is 0.339 e. The van der Waals surface area contributed by atoms with Gasteiger partial charge in [0.15, 0.2) is 6.29 Å². The van der Waals surface area contributed by atoms with Crippen LogP contribution in [0.15, 0.2) is 24.3 Å². The molecular weight excluding hydrogens is 324 g/mol. The lowest BCUT2D eigenvalue weighted by Gasteiger charge is -2.37. The average molecular weight is 348 g/mol. The molecule has 1 aromatic carbocycles. The molecular formula is C18H24N2O5. The summed E-state index contributed by atoms with van der Waals surface area (Å²) in [4.78, 5) is 26.4. The molecule has 1 atom stereocenters. The quantitative estimate of drug-likeness (QED) is 0.815. The van der Waals surface area contributed by atoms with Gasteiger partial charge in [0.05, 0.1) is 44.2 Å². The molecule has 2 heterocycles. The van der Waals surface area contributed by atoms with E-state index in [1.807, 2.05) is 0 Å². The van der Waals surface area contributed by atoms with Gasteiger partial charge in [-0.2, -0.15) is 0 Å². The third-order valence-electron chi connectivity index (χ3n) is 4.58. The molecule has 2 saturated heterocycles. The van der Waals surface area contributed by atoms with E-state index in [0.717, 1.165) is 25.8 Å². The van der Waals surface area contributed by atoms with Gasteiger partial charge in [-0.3, -0.25) is 9.69 Å². The van der Waals surface area contributed by atoms with E-state index in [1.165, 1.54) is 7.11 Å². The highest BCUT2D eigenvalue weighted by atomic mass is 16.7. The fourth-order valence-corrected chi connectivity index (χ4v) is 3.37. The summed E-state index contributed by atoms with van der Waals surface area (Å²) >= 11 is 0. The summed E-state index contributed by atoms with van der Waals surface area (Å²) in [5.74, 6) is -0.638. The van der Waals surface area contributed by atoms with E-state index in [2.05, 4.69) is 10.2 Å². The summed E-state index contributed by atoms with van der Waals surface area (Å²) in [5, 5.41) is 2.82. The van der Waals surface area contributed by atoms with Crippen molar-refractivity contribution in [2.75, 3.05) is 38.7 Å². The summed E-state index contributed by atoms with van der Waals surface area (Å²) in [6.45, 7) is 2.28. The number of benzene rings is 1. The van der Waals surface area contributed by atoms with E-state index >= 15 is 0 Å². The Morgan fingerprint density at radius 1 is 1.24 bits per heavy atom. The Morgan fingerprint density at radius 2 is 2.00 bits per heavy atom. The Kier molecular flexibility index (Phi) is 6.01. The summed E-state index contributed by atoms with van der Waals surface area (Å²) in [6.07, 6.45) is 2.86. The number of likely N-dealkylation sites (tertiary alicyclic amines) is 1. The van der Waals surface area contributed by atoms with Crippen molar-refractivity contribution in [2.24, 2.45) is 0 Å². The van der Waals surface area contributed by atoms with Crippen LogP contribution in [0.3, 0.4) is 0 Å². The molecule has 7 heteroatoms. The first-order valence-corrected chi connectivity index (χ1v) is 8.63. The molecule has 1 aromatic rings. The highest BCUT2D eigenvalue weighted by Crippen LogP contribution is 2.24. The molecule has 0 aliphatic carbocycles. The van der Waals surface area contributed by atoms with Gasteiger partial charge < -0.3 is 19.5 Å². The van der Waals surface area contributed by atoms with Gasteiger partial charge >= 0.3 is 5.97 Å². The van der Waals surface area contributed by atoms with Crippen LogP contribution in [-0.4, -0.2) is 62.5 Å². The number of ether oxygens (including phenoxy) is 3. The number of methoxy groups -OCH3 is 1. The fraction of sp³-hybridized carbons (Fsp3) is 0.556. The summed E-state index contributed by atoms with van der Waals surface area (Å²) in [5.41, 5.74) is 0.803. The van der Waals surface area contributed by atoms with Crippen molar-refractivity contribution in [1.29, 1.82) is 0 Å². The van der Waals surface area contributed by atoms with Gasteiger partial charge in [0.2, 0.25) is 5.91 Å². The van der Waals surface area contributed by atoms with Crippen LogP contribution in [0.5, 0.6) is 0 Å². The molecule has 0 aromatic heterocycles. The molecule has 0 bridgehead atoms. The molecule has 1 unspecified atom stereocenters. The van der Waals surface area contributed by atoms with Crippen LogP contribution in [0.4, 0.5) is 5.69 Å². The summed E-state index contributed by atoms with van der Waals surface area (Å²) in [7, 11) is 1.32. The molecule has 0 saturated carbocycles. The van der Waals surface area contributed by atoms with Crippen molar-refractivity contribution in [2.45, 2.75) is 31.6 Å². The number of nitrogens with one attached hydrogen (secondary N) is 1. The van der Waals surface area contributed by atoms with Gasteiger partial charge in [-0.1, -0.05) is 18.6 Å². The second-order valence-corrected chi connectivity index (χ2v) is 6.23. The number of para-hydroxylation sites is 1. The highest BCUT2D eigenvalue weighted by Gasteiger charge is 2.34. The molecule has 0 radical (unpaired) electrons. The van der Waals surface area contributed by atoms with Gasteiger partial charge in [0.25, 0.3) is 0 Å². The lowest BCUT2D eigenvalue weighted by atomic mass is 10.0. The van der Waals surface area contributed by atoms with Crippen LogP contribution in [-0.2, 0) is 19.0 Å². The molecule has 7 nitrogen and oxygen atoms in total. The van der Waals surface area contributed by atoms with Crippen molar-refractivity contribution < 1.29 is 23.8 Å². The molecule has 2 aliphatic rings. The van der Waals surface area contributed by atoms with E-state index in [1.54, 1.807) is 24.3 Å². The van der Waals surface area contributed by atoms with Crippen LogP contribution >= 0.6 is 0 Å². The molecule has 2 fully saturated rings. The molecule has 0 spiro atoms. The van der Waals surface area contributed by atoms with Gasteiger partial charge in [0.1, 0.15) is 0 Å². The van der Waals surface area contributed by atoms with E-state index < -0.39 is 5.97 Å².